The molecule has 0 unspecified atom stereocenters. The number of hydrogen-bond donors (Lipinski definition) is 2. The van der Waals surface area contributed by atoms with Crippen molar-refractivity contribution in [3.8, 4) is 0 Å². The van der Waals surface area contributed by atoms with E-state index in [4.69, 9.17) is 9.72 Å². The molecule has 0 spiro atoms. The molecule has 1 fully saturated rings. The molecule has 0 amide bonds. The van der Waals surface area contributed by atoms with Gasteiger partial charge in [0.15, 0.2) is 0 Å². The van der Waals surface area contributed by atoms with E-state index in [9.17, 15) is 0 Å². The van der Waals surface area contributed by atoms with Gasteiger partial charge in [0.25, 0.3) is 0 Å². The number of pyridine rings is 1. The predicted molar refractivity (Wildman–Crippen MR) is 89.5 cm³/mol. The van der Waals surface area contributed by atoms with Crippen molar-refractivity contribution in [2.24, 2.45) is 0 Å². The summed E-state index contributed by atoms with van der Waals surface area (Å²) in [4.78, 5) is 7.10. The average Bonchev–Trinajstić information content (AvgIpc) is 3.09. The maximum Gasteiger partial charge on any atom is 0.129 e. The van der Waals surface area contributed by atoms with Gasteiger partial charge < -0.3 is 15.4 Å². The average molecular weight is 304 g/mol. The second kappa shape index (κ2) is 7.90. The monoisotopic (exact) mass is 304 g/mol. The molecular formula is C17H28N4O. The van der Waals surface area contributed by atoms with Gasteiger partial charge >= 0.3 is 0 Å². The topological polar surface area (TPSA) is 49.4 Å². The van der Waals surface area contributed by atoms with Crippen LogP contribution < -0.4 is 10.6 Å². The molecule has 2 aliphatic rings. The first-order valence-electron chi connectivity index (χ1n) is 8.54. The largest absolute Gasteiger partial charge is 0.380 e. The highest BCUT2D eigenvalue weighted by atomic mass is 16.5. The lowest BCUT2D eigenvalue weighted by Crippen LogP contribution is -2.35. The van der Waals surface area contributed by atoms with Crippen LogP contribution in [-0.4, -0.2) is 62.4 Å². The van der Waals surface area contributed by atoms with Crippen molar-refractivity contribution >= 4 is 5.82 Å². The van der Waals surface area contributed by atoms with Crippen molar-refractivity contribution in [2.75, 3.05) is 51.8 Å². The van der Waals surface area contributed by atoms with E-state index in [-0.39, 0.29) is 0 Å². The van der Waals surface area contributed by atoms with Crippen LogP contribution in [0.25, 0.3) is 0 Å². The molecule has 2 aliphatic heterocycles. The zero-order valence-corrected chi connectivity index (χ0v) is 13.6. The van der Waals surface area contributed by atoms with E-state index in [0.29, 0.717) is 6.04 Å². The number of fused-ring (bicyclic) bond motifs is 1. The van der Waals surface area contributed by atoms with Gasteiger partial charge in [0.1, 0.15) is 5.82 Å². The summed E-state index contributed by atoms with van der Waals surface area (Å²) in [5.41, 5.74) is 2.48. The molecule has 2 N–H and O–H groups in total. The zero-order chi connectivity index (χ0) is 15.2. The highest BCUT2D eigenvalue weighted by Crippen LogP contribution is 2.19. The van der Waals surface area contributed by atoms with Crippen LogP contribution in [-0.2, 0) is 17.6 Å². The summed E-state index contributed by atoms with van der Waals surface area (Å²) >= 11 is 0. The Morgan fingerprint density at radius 3 is 3.14 bits per heavy atom. The minimum absolute atomic E-state index is 0.678. The maximum absolute atomic E-state index is 5.79. The van der Waals surface area contributed by atoms with Crippen LogP contribution in [0.4, 0.5) is 5.82 Å². The van der Waals surface area contributed by atoms with Crippen molar-refractivity contribution in [1.82, 2.24) is 15.2 Å². The summed E-state index contributed by atoms with van der Waals surface area (Å²) in [6.07, 6.45) is 4.50. The van der Waals surface area contributed by atoms with Crippen molar-refractivity contribution in [1.29, 1.82) is 0 Å². The lowest BCUT2D eigenvalue weighted by molar-refractivity contribution is 0.103. The Hall–Kier alpha value is -1.17. The molecule has 1 aromatic heterocycles. The summed E-state index contributed by atoms with van der Waals surface area (Å²) in [6.45, 7) is 5.86. The van der Waals surface area contributed by atoms with Gasteiger partial charge in [-0.05, 0) is 44.5 Å². The minimum Gasteiger partial charge on any atom is -0.380 e. The summed E-state index contributed by atoms with van der Waals surface area (Å²) in [7, 11) is 2.19. The third-order valence-electron chi connectivity index (χ3n) is 4.70. The van der Waals surface area contributed by atoms with Crippen molar-refractivity contribution in [3.05, 3.63) is 23.4 Å². The smallest absolute Gasteiger partial charge is 0.129 e. The Morgan fingerprint density at radius 2 is 2.27 bits per heavy atom. The first-order valence-corrected chi connectivity index (χ1v) is 8.54. The molecular weight excluding hydrogens is 276 g/mol. The minimum atomic E-state index is 0.678. The second-order valence-corrected chi connectivity index (χ2v) is 6.33. The summed E-state index contributed by atoms with van der Waals surface area (Å²) in [5.74, 6) is 1.08. The number of anilines is 1. The fourth-order valence-corrected chi connectivity index (χ4v) is 3.19. The Morgan fingerprint density at radius 1 is 1.32 bits per heavy atom. The van der Waals surface area contributed by atoms with Crippen molar-refractivity contribution in [3.63, 3.8) is 0 Å². The van der Waals surface area contributed by atoms with Gasteiger partial charge in [0, 0.05) is 37.8 Å². The molecule has 1 saturated heterocycles. The van der Waals surface area contributed by atoms with Gasteiger partial charge in [0.05, 0.1) is 13.2 Å². The van der Waals surface area contributed by atoms with Crippen molar-refractivity contribution < 1.29 is 4.74 Å². The Kier molecular flexibility index (Phi) is 5.64. The molecule has 0 radical (unpaired) electrons. The fraction of sp³-hybridized carbons (Fsp3) is 0.706. The molecule has 22 heavy (non-hydrogen) atoms. The number of rotatable bonds is 7. The maximum atomic E-state index is 5.79. The van der Waals surface area contributed by atoms with Crippen LogP contribution in [0.1, 0.15) is 24.1 Å². The number of nitrogens with zero attached hydrogens (tertiary/aromatic N) is 2. The van der Waals surface area contributed by atoms with E-state index in [1.165, 1.54) is 18.4 Å². The zero-order valence-electron chi connectivity index (χ0n) is 13.6. The van der Waals surface area contributed by atoms with Crippen LogP contribution >= 0.6 is 0 Å². The molecule has 1 atom stereocenters. The van der Waals surface area contributed by atoms with Gasteiger partial charge in [-0.3, -0.25) is 4.90 Å². The SMILES string of the molecule is CN(CCOCCc1ccc2c(n1)NCCC2)[C@@H]1CCNC1. The van der Waals surface area contributed by atoms with Gasteiger partial charge in [-0.25, -0.2) is 4.98 Å². The third-order valence-corrected chi connectivity index (χ3v) is 4.70. The van der Waals surface area contributed by atoms with Crippen LogP contribution in [0.15, 0.2) is 12.1 Å². The fourth-order valence-electron chi connectivity index (χ4n) is 3.19. The Bertz CT molecular complexity index is 474. The molecule has 122 valence electrons. The molecule has 0 aliphatic carbocycles. The number of aryl methyl sites for hydroxylation is 1. The summed E-state index contributed by atoms with van der Waals surface area (Å²) in [6, 6.07) is 5.04. The number of nitrogens with one attached hydrogen (secondary N) is 2. The normalized spacial score (nSPS) is 20.9. The van der Waals surface area contributed by atoms with Gasteiger partial charge in [-0.15, -0.1) is 0 Å². The molecule has 3 rings (SSSR count). The van der Waals surface area contributed by atoms with Gasteiger partial charge in [0.2, 0.25) is 0 Å². The Balaban J connectivity index is 1.34. The lowest BCUT2D eigenvalue weighted by Gasteiger charge is -2.23. The van der Waals surface area contributed by atoms with Crippen LogP contribution in [0, 0.1) is 0 Å². The third kappa shape index (κ3) is 4.18. The molecule has 0 bridgehead atoms. The van der Waals surface area contributed by atoms with E-state index in [1.54, 1.807) is 0 Å². The second-order valence-electron chi connectivity index (χ2n) is 6.33. The first kappa shape index (κ1) is 15.7. The summed E-state index contributed by atoms with van der Waals surface area (Å²) < 4.78 is 5.79. The van der Waals surface area contributed by atoms with E-state index in [2.05, 4.69) is 34.7 Å². The molecule has 0 saturated carbocycles. The number of likely N-dealkylation sites (N-methyl/N-ethyl adjacent to an activating group) is 1. The van der Waals surface area contributed by atoms with Crippen LogP contribution in [0.5, 0.6) is 0 Å². The quantitative estimate of drug-likeness (QED) is 0.744. The standard InChI is InChI=1S/C17H28N4O/c1-21(16-6-9-18-13-16)10-12-22-11-7-15-5-4-14-3-2-8-19-17(14)20-15/h4-5,16,18H,2-3,6-13H2,1H3,(H,19,20)/t16-/m1/s1. The van der Waals surface area contributed by atoms with E-state index >= 15 is 0 Å². The number of ether oxygens (including phenoxy) is 1. The molecule has 0 aromatic carbocycles. The molecule has 1 aromatic rings. The summed E-state index contributed by atoms with van der Waals surface area (Å²) in [5, 5.41) is 6.79. The van der Waals surface area contributed by atoms with E-state index < -0.39 is 0 Å². The van der Waals surface area contributed by atoms with Gasteiger partial charge in [-0.2, -0.15) is 0 Å². The van der Waals surface area contributed by atoms with Gasteiger partial charge in [-0.1, -0.05) is 6.07 Å². The van der Waals surface area contributed by atoms with E-state index in [0.717, 1.165) is 63.7 Å². The number of aromatic nitrogens is 1. The molecule has 3 heterocycles. The van der Waals surface area contributed by atoms with Crippen molar-refractivity contribution in [2.45, 2.75) is 31.7 Å². The lowest BCUT2D eigenvalue weighted by atomic mass is 10.1. The van der Waals surface area contributed by atoms with Crippen LogP contribution in [0.3, 0.4) is 0 Å². The van der Waals surface area contributed by atoms with E-state index in [1.807, 2.05) is 0 Å². The predicted octanol–water partition coefficient (Wildman–Crippen LogP) is 1.29. The highest BCUT2D eigenvalue weighted by Gasteiger charge is 2.18. The first-order chi connectivity index (χ1) is 10.8. The highest BCUT2D eigenvalue weighted by molar-refractivity contribution is 5.46. The molecule has 5 heteroatoms. The van der Waals surface area contributed by atoms with Crippen LogP contribution in [0.2, 0.25) is 0 Å². The Labute approximate surface area is 133 Å². The molecule has 5 nitrogen and oxygen atoms in total. The number of hydrogen-bond acceptors (Lipinski definition) is 5.